The lowest BCUT2D eigenvalue weighted by atomic mass is 9.98. The van der Waals surface area contributed by atoms with Crippen LogP contribution in [-0.4, -0.2) is 7.05 Å². The Balaban J connectivity index is 2.45. The smallest absolute Gasteiger partial charge is 0.0843 e. The van der Waals surface area contributed by atoms with Crippen LogP contribution in [0.25, 0.3) is 0 Å². The highest BCUT2D eigenvalue weighted by molar-refractivity contribution is 9.13. The van der Waals surface area contributed by atoms with Crippen molar-refractivity contribution in [2.75, 3.05) is 7.05 Å². The molecule has 96 valence electrons. The molecular formula is C14H15Br2NS. The van der Waals surface area contributed by atoms with E-state index in [0.29, 0.717) is 0 Å². The number of thiophene rings is 1. The Bertz CT molecular complexity index is 517. The second-order valence-corrected chi connectivity index (χ2v) is 7.30. The Hall–Kier alpha value is -0.160. The number of nitrogens with one attached hydrogen (secondary N) is 1. The van der Waals surface area contributed by atoms with E-state index in [1.54, 1.807) is 11.3 Å². The fourth-order valence-electron chi connectivity index (χ4n) is 2.09. The van der Waals surface area contributed by atoms with Crippen molar-refractivity contribution >= 4 is 43.2 Å². The fraction of sp³-hybridized carbons (Fsp3) is 0.286. The standard InChI is InChI=1S/C14H15Br2NS/c1-3-9-6-4-5-7-10(9)13(17-2)12-8-11(15)14(16)18-12/h4-8,13,17H,3H2,1-2H3. The van der Waals surface area contributed by atoms with Crippen molar-refractivity contribution < 1.29 is 0 Å². The maximum Gasteiger partial charge on any atom is 0.0843 e. The van der Waals surface area contributed by atoms with Gasteiger partial charge in [0.2, 0.25) is 0 Å². The molecule has 1 unspecified atom stereocenters. The zero-order chi connectivity index (χ0) is 13.1. The van der Waals surface area contributed by atoms with Gasteiger partial charge in [-0.25, -0.2) is 0 Å². The molecule has 0 amide bonds. The van der Waals surface area contributed by atoms with Gasteiger partial charge in [-0.3, -0.25) is 0 Å². The van der Waals surface area contributed by atoms with Gasteiger partial charge in [0.05, 0.1) is 9.83 Å². The fourth-order valence-corrected chi connectivity index (χ4v) is 4.31. The van der Waals surface area contributed by atoms with Gasteiger partial charge in [0.1, 0.15) is 0 Å². The number of rotatable bonds is 4. The average molecular weight is 389 g/mol. The molecule has 1 atom stereocenters. The summed E-state index contributed by atoms with van der Waals surface area (Å²) in [6, 6.07) is 11.1. The van der Waals surface area contributed by atoms with E-state index < -0.39 is 0 Å². The van der Waals surface area contributed by atoms with Crippen LogP contribution in [0.2, 0.25) is 0 Å². The topological polar surface area (TPSA) is 12.0 Å². The zero-order valence-corrected chi connectivity index (χ0v) is 14.3. The van der Waals surface area contributed by atoms with Crippen molar-refractivity contribution in [2.24, 2.45) is 0 Å². The third-order valence-electron chi connectivity index (χ3n) is 2.98. The Morgan fingerprint density at radius 2 is 2.00 bits per heavy atom. The van der Waals surface area contributed by atoms with Crippen LogP contribution in [0.5, 0.6) is 0 Å². The van der Waals surface area contributed by atoms with Crippen LogP contribution in [0.1, 0.15) is 29.0 Å². The molecular weight excluding hydrogens is 374 g/mol. The molecule has 0 saturated carbocycles. The van der Waals surface area contributed by atoms with Gasteiger partial charge >= 0.3 is 0 Å². The molecule has 0 radical (unpaired) electrons. The van der Waals surface area contributed by atoms with Crippen LogP contribution in [0.4, 0.5) is 0 Å². The highest BCUT2D eigenvalue weighted by Gasteiger charge is 2.18. The molecule has 0 fully saturated rings. The van der Waals surface area contributed by atoms with Crippen LogP contribution < -0.4 is 5.32 Å². The van der Waals surface area contributed by atoms with Crippen molar-refractivity contribution in [1.82, 2.24) is 5.32 Å². The quantitative estimate of drug-likeness (QED) is 0.764. The van der Waals surface area contributed by atoms with Crippen LogP contribution >= 0.6 is 43.2 Å². The normalized spacial score (nSPS) is 12.7. The lowest BCUT2D eigenvalue weighted by molar-refractivity contribution is 0.695. The maximum atomic E-state index is 3.57. The second kappa shape index (κ2) is 6.33. The average Bonchev–Trinajstić information content (AvgIpc) is 2.71. The van der Waals surface area contributed by atoms with E-state index in [1.807, 2.05) is 7.05 Å². The predicted molar refractivity (Wildman–Crippen MR) is 86.4 cm³/mol. The van der Waals surface area contributed by atoms with E-state index in [9.17, 15) is 0 Å². The zero-order valence-electron chi connectivity index (χ0n) is 10.3. The molecule has 0 aliphatic carbocycles. The third kappa shape index (κ3) is 2.87. The highest BCUT2D eigenvalue weighted by Crippen LogP contribution is 2.38. The summed E-state index contributed by atoms with van der Waals surface area (Å²) in [5, 5.41) is 3.42. The number of hydrogen-bond acceptors (Lipinski definition) is 2. The van der Waals surface area contributed by atoms with Crippen molar-refractivity contribution in [3.8, 4) is 0 Å². The lowest BCUT2D eigenvalue weighted by Gasteiger charge is -2.18. The summed E-state index contributed by atoms with van der Waals surface area (Å²) in [5.74, 6) is 0. The Morgan fingerprint density at radius 3 is 2.56 bits per heavy atom. The van der Waals surface area contributed by atoms with Crippen molar-refractivity contribution in [3.63, 3.8) is 0 Å². The monoisotopic (exact) mass is 387 g/mol. The van der Waals surface area contributed by atoms with Crippen molar-refractivity contribution in [2.45, 2.75) is 19.4 Å². The van der Waals surface area contributed by atoms with Gasteiger partial charge in [-0.2, -0.15) is 0 Å². The van der Waals surface area contributed by atoms with Gasteiger partial charge in [-0.05, 0) is 62.5 Å². The van der Waals surface area contributed by atoms with Gasteiger partial charge in [0.25, 0.3) is 0 Å². The number of hydrogen-bond donors (Lipinski definition) is 1. The summed E-state index contributed by atoms with van der Waals surface area (Å²) in [6.07, 6.45) is 1.06. The highest BCUT2D eigenvalue weighted by atomic mass is 79.9. The van der Waals surface area contributed by atoms with E-state index in [0.717, 1.165) is 14.7 Å². The number of aryl methyl sites for hydroxylation is 1. The number of halogens is 2. The molecule has 1 aromatic carbocycles. The molecule has 2 rings (SSSR count). The predicted octanol–water partition coefficient (Wildman–Crippen LogP) is 5.14. The van der Waals surface area contributed by atoms with E-state index in [4.69, 9.17) is 0 Å². The SMILES string of the molecule is CCc1ccccc1C(NC)c1cc(Br)c(Br)s1. The molecule has 4 heteroatoms. The van der Waals surface area contributed by atoms with Crippen LogP contribution in [0.3, 0.4) is 0 Å². The molecule has 1 nitrogen and oxygen atoms in total. The molecule has 2 aromatic rings. The molecule has 0 aliphatic heterocycles. The van der Waals surface area contributed by atoms with Gasteiger partial charge < -0.3 is 5.32 Å². The second-order valence-electron chi connectivity index (χ2n) is 4.04. The first-order chi connectivity index (χ1) is 8.67. The molecule has 0 spiro atoms. The molecule has 0 aliphatic rings. The summed E-state index contributed by atoms with van der Waals surface area (Å²) in [5.41, 5.74) is 2.77. The van der Waals surface area contributed by atoms with Crippen LogP contribution in [0, 0.1) is 0 Å². The minimum absolute atomic E-state index is 0.258. The lowest BCUT2D eigenvalue weighted by Crippen LogP contribution is -2.18. The van der Waals surface area contributed by atoms with Gasteiger partial charge in [-0.15, -0.1) is 11.3 Å². The molecule has 1 heterocycles. The molecule has 1 N–H and O–H groups in total. The molecule has 0 bridgehead atoms. The van der Waals surface area contributed by atoms with Crippen LogP contribution in [-0.2, 0) is 6.42 Å². The first-order valence-corrected chi connectivity index (χ1v) is 8.27. The molecule has 0 saturated heterocycles. The Morgan fingerprint density at radius 1 is 1.28 bits per heavy atom. The first kappa shape index (κ1) is 14.3. The van der Waals surface area contributed by atoms with E-state index in [1.165, 1.54) is 16.0 Å². The van der Waals surface area contributed by atoms with Crippen LogP contribution in [0.15, 0.2) is 38.6 Å². The minimum atomic E-state index is 0.258. The Labute approximate surface area is 129 Å². The van der Waals surface area contributed by atoms with Crippen molar-refractivity contribution in [1.29, 1.82) is 0 Å². The summed E-state index contributed by atoms with van der Waals surface area (Å²) in [6.45, 7) is 2.20. The van der Waals surface area contributed by atoms with E-state index in [2.05, 4.69) is 74.4 Å². The maximum absolute atomic E-state index is 3.57. The van der Waals surface area contributed by atoms with E-state index in [-0.39, 0.29) is 6.04 Å². The molecule has 1 aromatic heterocycles. The molecule has 18 heavy (non-hydrogen) atoms. The van der Waals surface area contributed by atoms with Gasteiger partial charge in [-0.1, -0.05) is 31.2 Å². The summed E-state index contributed by atoms with van der Waals surface area (Å²) < 4.78 is 2.27. The van der Waals surface area contributed by atoms with E-state index >= 15 is 0 Å². The first-order valence-electron chi connectivity index (χ1n) is 5.87. The summed E-state index contributed by atoms with van der Waals surface area (Å²) >= 11 is 8.89. The van der Waals surface area contributed by atoms with Crippen molar-refractivity contribution in [3.05, 3.63) is 54.6 Å². The van der Waals surface area contributed by atoms with Gasteiger partial charge in [0, 0.05) is 9.35 Å². The van der Waals surface area contributed by atoms with Gasteiger partial charge in [0.15, 0.2) is 0 Å². The summed E-state index contributed by atoms with van der Waals surface area (Å²) in [4.78, 5) is 1.32. The largest absolute Gasteiger partial charge is 0.309 e. The third-order valence-corrected chi connectivity index (χ3v) is 6.31. The minimum Gasteiger partial charge on any atom is -0.309 e. The number of benzene rings is 1. The Kier molecular flexibility index (Phi) is 5.01. The summed E-state index contributed by atoms with van der Waals surface area (Å²) in [7, 11) is 2.01.